The van der Waals surface area contributed by atoms with Crippen LogP contribution in [0.15, 0.2) is 34.7 Å². The van der Waals surface area contributed by atoms with Crippen molar-refractivity contribution in [3.8, 4) is 0 Å². The van der Waals surface area contributed by atoms with E-state index in [2.05, 4.69) is 26.0 Å². The molecule has 1 aromatic heterocycles. The van der Waals surface area contributed by atoms with Crippen LogP contribution in [0, 0.1) is 28.6 Å². The van der Waals surface area contributed by atoms with Gasteiger partial charge >= 0.3 is 0 Å². The summed E-state index contributed by atoms with van der Waals surface area (Å²) in [5, 5.41) is 0. The molecule has 24 heavy (non-hydrogen) atoms. The molecular formula is C23H32O. The highest BCUT2D eigenvalue weighted by Crippen LogP contribution is 2.65. The van der Waals surface area contributed by atoms with Crippen LogP contribution in [0.2, 0.25) is 0 Å². The largest absolute Gasteiger partial charge is 0.472 e. The molecule has 0 amide bonds. The lowest BCUT2D eigenvalue weighted by atomic mass is 9.47. The third-order valence-corrected chi connectivity index (χ3v) is 8.85. The summed E-state index contributed by atoms with van der Waals surface area (Å²) in [6.45, 7) is 5.23. The number of hydrogen-bond donors (Lipinski definition) is 0. The lowest BCUT2D eigenvalue weighted by Crippen LogP contribution is -2.48. The molecule has 130 valence electrons. The molecule has 1 unspecified atom stereocenters. The minimum absolute atomic E-state index is 0.451. The highest BCUT2D eigenvalue weighted by atomic mass is 16.3. The summed E-state index contributed by atoms with van der Waals surface area (Å²) < 4.78 is 5.40. The summed E-state index contributed by atoms with van der Waals surface area (Å²) in [4.78, 5) is 0. The van der Waals surface area contributed by atoms with E-state index in [1.165, 1.54) is 63.4 Å². The molecule has 1 nitrogen and oxygen atoms in total. The van der Waals surface area contributed by atoms with Gasteiger partial charge in [-0.3, -0.25) is 0 Å². The second kappa shape index (κ2) is 5.26. The van der Waals surface area contributed by atoms with Gasteiger partial charge in [-0.05, 0) is 97.5 Å². The predicted molar refractivity (Wildman–Crippen MR) is 97.8 cm³/mol. The summed E-state index contributed by atoms with van der Waals surface area (Å²) >= 11 is 0. The molecule has 0 saturated heterocycles. The van der Waals surface area contributed by atoms with E-state index >= 15 is 0 Å². The van der Waals surface area contributed by atoms with Crippen LogP contribution in [-0.2, 0) is 0 Å². The smallest absolute Gasteiger partial charge is 0.0937 e. The lowest BCUT2D eigenvalue weighted by molar-refractivity contribution is -0.0275. The Hall–Kier alpha value is -0.980. The fraction of sp³-hybridized carbons (Fsp3) is 0.739. The second-order valence-electron chi connectivity index (χ2n) is 9.84. The minimum Gasteiger partial charge on any atom is -0.472 e. The standard InChI is InChI=1S/C23H32O/c1-22-11-3-4-20(22)19-8-7-18-6-5-16(17-10-13-24-15-17)14-23(18,2)21(19)9-12-22/h7,10,13,15-16,19-21H,3-6,8-9,11-12,14H2,1-2H3/t16?,19-,20-,21+,22-,23-/m0/s1. The predicted octanol–water partition coefficient (Wildman–Crippen LogP) is 6.72. The molecule has 0 radical (unpaired) electrons. The molecule has 1 heteroatoms. The zero-order valence-corrected chi connectivity index (χ0v) is 15.4. The van der Waals surface area contributed by atoms with Gasteiger partial charge in [-0.1, -0.05) is 31.9 Å². The van der Waals surface area contributed by atoms with E-state index in [-0.39, 0.29) is 0 Å². The molecule has 6 atom stereocenters. The van der Waals surface area contributed by atoms with Crippen LogP contribution < -0.4 is 0 Å². The van der Waals surface area contributed by atoms with E-state index in [0.29, 0.717) is 16.7 Å². The Morgan fingerprint density at radius 3 is 2.83 bits per heavy atom. The van der Waals surface area contributed by atoms with E-state index in [0.717, 1.165) is 17.8 Å². The summed E-state index contributed by atoms with van der Waals surface area (Å²) in [6.07, 6.45) is 19.4. The normalized spacial score (nSPS) is 47.5. The molecule has 3 saturated carbocycles. The molecule has 5 rings (SSSR count). The Balaban J connectivity index is 1.47. The molecule has 0 aromatic carbocycles. The number of hydrogen-bond acceptors (Lipinski definition) is 1. The van der Waals surface area contributed by atoms with Gasteiger partial charge in [0.05, 0.1) is 12.5 Å². The van der Waals surface area contributed by atoms with Crippen molar-refractivity contribution in [2.45, 2.75) is 77.6 Å². The van der Waals surface area contributed by atoms with Gasteiger partial charge < -0.3 is 4.42 Å². The first-order chi connectivity index (χ1) is 11.6. The number of fused-ring (bicyclic) bond motifs is 5. The van der Waals surface area contributed by atoms with E-state index in [9.17, 15) is 0 Å². The number of furan rings is 1. The second-order valence-corrected chi connectivity index (χ2v) is 9.84. The van der Waals surface area contributed by atoms with Gasteiger partial charge in [-0.2, -0.15) is 0 Å². The van der Waals surface area contributed by atoms with Crippen LogP contribution in [0.3, 0.4) is 0 Å². The monoisotopic (exact) mass is 324 g/mol. The van der Waals surface area contributed by atoms with Gasteiger partial charge in [0.1, 0.15) is 0 Å². The molecule has 0 bridgehead atoms. The van der Waals surface area contributed by atoms with Crippen LogP contribution >= 0.6 is 0 Å². The molecule has 4 aliphatic carbocycles. The maximum absolute atomic E-state index is 5.40. The van der Waals surface area contributed by atoms with E-state index in [1.807, 2.05) is 18.1 Å². The third kappa shape index (κ3) is 2.06. The zero-order valence-electron chi connectivity index (χ0n) is 15.4. The maximum atomic E-state index is 5.40. The van der Waals surface area contributed by atoms with Crippen LogP contribution in [0.25, 0.3) is 0 Å². The van der Waals surface area contributed by atoms with Gasteiger partial charge in [-0.25, -0.2) is 0 Å². The van der Waals surface area contributed by atoms with Crippen molar-refractivity contribution in [2.75, 3.05) is 0 Å². The maximum Gasteiger partial charge on any atom is 0.0937 e. The van der Waals surface area contributed by atoms with Gasteiger partial charge in [0.2, 0.25) is 0 Å². The van der Waals surface area contributed by atoms with Crippen molar-refractivity contribution in [1.29, 1.82) is 0 Å². The van der Waals surface area contributed by atoms with Crippen molar-refractivity contribution in [3.05, 3.63) is 35.8 Å². The molecule has 0 spiro atoms. The Morgan fingerprint density at radius 1 is 1.08 bits per heavy atom. The average molecular weight is 325 g/mol. The van der Waals surface area contributed by atoms with Gasteiger partial charge in [0.15, 0.2) is 0 Å². The fourth-order valence-electron chi connectivity index (χ4n) is 7.56. The zero-order chi connectivity index (χ0) is 16.4. The number of rotatable bonds is 1. The molecule has 4 aliphatic rings. The van der Waals surface area contributed by atoms with Gasteiger partial charge in [-0.15, -0.1) is 0 Å². The summed E-state index contributed by atoms with van der Waals surface area (Å²) in [5.41, 5.74) is 4.37. The van der Waals surface area contributed by atoms with Gasteiger partial charge in [0.25, 0.3) is 0 Å². The Labute approximate surface area is 146 Å². The fourth-order valence-corrected chi connectivity index (χ4v) is 7.56. The molecule has 1 aromatic rings. The third-order valence-electron chi connectivity index (χ3n) is 8.85. The summed E-state index contributed by atoms with van der Waals surface area (Å²) in [7, 11) is 0. The van der Waals surface area contributed by atoms with Crippen LogP contribution in [-0.4, -0.2) is 0 Å². The van der Waals surface area contributed by atoms with Crippen LogP contribution in [0.5, 0.6) is 0 Å². The summed E-state index contributed by atoms with van der Waals surface area (Å²) in [6, 6.07) is 2.21. The van der Waals surface area contributed by atoms with Crippen molar-refractivity contribution >= 4 is 0 Å². The molecule has 1 heterocycles. The van der Waals surface area contributed by atoms with E-state index in [1.54, 1.807) is 0 Å². The quantitative estimate of drug-likeness (QED) is 0.523. The number of allylic oxidation sites excluding steroid dienone is 2. The Kier molecular flexibility index (Phi) is 3.35. The molecule has 3 fully saturated rings. The van der Waals surface area contributed by atoms with E-state index < -0.39 is 0 Å². The van der Waals surface area contributed by atoms with Crippen LogP contribution in [0.1, 0.15) is 83.1 Å². The highest BCUT2D eigenvalue weighted by Gasteiger charge is 2.56. The Bertz CT molecular complexity index is 641. The van der Waals surface area contributed by atoms with Gasteiger partial charge in [0, 0.05) is 0 Å². The van der Waals surface area contributed by atoms with Crippen LogP contribution in [0.4, 0.5) is 0 Å². The first-order valence-electron chi connectivity index (χ1n) is 10.3. The first-order valence-corrected chi connectivity index (χ1v) is 10.3. The lowest BCUT2D eigenvalue weighted by Gasteiger charge is -2.57. The Morgan fingerprint density at radius 2 is 2.00 bits per heavy atom. The highest BCUT2D eigenvalue weighted by molar-refractivity contribution is 5.28. The van der Waals surface area contributed by atoms with Crippen molar-refractivity contribution in [3.63, 3.8) is 0 Å². The first kappa shape index (κ1) is 15.3. The van der Waals surface area contributed by atoms with E-state index in [4.69, 9.17) is 4.42 Å². The van der Waals surface area contributed by atoms with Crippen molar-refractivity contribution in [2.24, 2.45) is 28.6 Å². The average Bonchev–Trinajstić information content (AvgIpc) is 3.22. The van der Waals surface area contributed by atoms with Crippen molar-refractivity contribution < 1.29 is 4.42 Å². The topological polar surface area (TPSA) is 13.1 Å². The molecule has 0 aliphatic heterocycles. The molecule has 0 N–H and O–H groups in total. The minimum atomic E-state index is 0.451. The van der Waals surface area contributed by atoms with Crippen molar-refractivity contribution in [1.82, 2.24) is 0 Å². The summed E-state index contributed by atoms with van der Waals surface area (Å²) in [5.74, 6) is 3.60. The SMILES string of the molecule is C[C@@]12CCC[C@H]1[C@@H]1CC=C3CCC(c4ccoc4)C[C@]3(C)[C@@H]1CC2. The molecular weight excluding hydrogens is 292 g/mol.